The van der Waals surface area contributed by atoms with E-state index in [9.17, 15) is 0 Å². The summed E-state index contributed by atoms with van der Waals surface area (Å²) in [5.74, 6) is 0. The average Bonchev–Trinajstić information content (AvgIpc) is 0.783. The topological polar surface area (TPSA) is 231 Å². The van der Waals surface area contributed by atoms with Gasteiger partial charge in [-0.2, -0.15) is 0 Å². The lowest BCUT2D eigenvalue weighted by Gasteiger charge is -2.46. The van der Waals surface area contributed by atoms with Crippen LogP contribution in [0.3, 0.4) is 0 Å². The molecule has 0 saturated heterocycles. The van der Waals surface area contributed by atoms with E-state index in [-0.39, 0.29) is 0 Å². The molecule has 0 aliphatic carbocycles. The molecule has 0 rings (SSSR count). The molecule has 0 aliphatic heterocycles. The van der Waals surface area contributed by atoms with E-state index >= 15 is 0 Å². The van der Waals surface area contributed by atoms with E-state index in [4.69, 9.17) is 105 Å². The Labute approximate surface area is 743 Å². The Bertz CT molecular complexity index is 2670. The van der Waals surface area contributed by atoms with Crippen molar-refractivity contribution in [1.82, 2.24) is 0 Å². The third-order valence-corrected chi connectivity index (χ3v) is 90.6. The predicted molar refractivity (Wildman–Crippen MR) is 554 cm³/mol. The van der Waals surface area contributed by atoms with Crippen molar-refractivity contribution >= 4 is 241 Å². The van der Waals surface area contributed by atoms with E-state index in [1.807, 2.05) is 72.0 Å². The van der Waals surface area contributed by atoms with Crippen LogP contribution in [0.2, 0.25) is 367 Å². The molecule has 0 fully saturated rings. The molecule has 0 heterocycles. The van der Waals surface area contributed by atoms with E-state index in [0.717, 1.165) is 0 Å². The highest BCUT2D eigenvalue weighted by molar-refractivity contribution is 6.96. The monoisotopic (exact) mass is 2110 g/mol. The number of rotatable bonds is 56. The first kappa shape index (κ1) is 124. The smallest absolute Gasteiger partial charge is 0.417 e. The predicted octanol–water partition coefficient (Wildman–Crippen LogP) is 19.0. The van der Waals surface area contributed by atoms with Gasteiger partial charge < -0.3 is 105 Å². The normalized spacial score (nSPS) is 18.6. The van der Waals surface area contributed by atoms with Gasteiger partial charge in [0.2, 0.25) is 0 Å². The van der Waals surface area contributed by atoms with Crippen LogP contribution in [0.1, 0.15) is 0 Å². The van der Waals surface area contributed by atoms with Crippen LogP contribution in [-0.4, -0.2) is 279 Å². The molecule has 0 saturated carbocycles. The maximum Gasteiger partial charge on any atom is 0.482 e. The molecule has 0 aliphatic rings. The lowest BCUT2D eigenvalue weighted by Crippen LogP contribution is -2.69. The van der Waals surface area contributed by atoms with Gasteiger partial charge in [-0.05, 0) is 216 Å². The van der Waals surface area contributed by atoms with E-state index < -0.39 is 241 Å². The fourth-order valence-electron chi connectivity index (χ4n) is 11.5. The van der Waals surface area contributed by atoms with Gasteiger partial charge in [0.1, 0.15) is 0 Å². The third-order valence-electron chi connectivity index (χ3n) is 12.4. The third kappa shape index (κ3) is 67.9. The Morgan fingerprint density at radius 1 is 0.113 bits per heavy atom. The molecular weight excluding hydrogens is 1930 g/mol. The van der Waals surface area contributed by atoms with Crippen molar-refractivity contribution in [1.29, 1.82) is 0 Å². The zero-order chi connectivity index (χ0) is 92.4. The molecule has 25 nitrogen and oxygen atoms in total. The fourth-order valence-corrected chi connectivity index (χ4v) is 111. The molecule has 0 aromatic heterocycles. The second-order valence-corrected chi connectivity index (χ2v) is 146. The highest BCUT2D eigenvalue weighted by atomic mass is 28.6. The zero-order valence-electron chi connectivity index (χ0n) is 84.9. The summed E-state index contributed by atoms with van der Waals surface area (Å²) < 4.78 is 169. The summed E-state index contributed by atoms with van der Waals surface area (Å²) in [7, 11) is -64.4. The SMILES string of the molecule is C[SiH](C)CO[Si](C)(O[Si](C)(C)C)O[Si](C)(OC[SiH](C)C)O[Si](C)(O[Si](C)(C)C)O[Si](C)(C)C.C[SiH](C)CO[Si](C)(O[Si](C)(C)C)O[Si](C)(OC[SiH](C)C)O[Si](C)(O[Si](C)(C)C)O[Si](C)(O[Si](C)(C)C)O[Si](C)(C)C.C[SiH](C)CO[Si](C)(O[Si](C)(C)C)O[Si](C)(O[Si](C)(OC[SiH](C)C)O[Si](C)(C)C)O[Si](C)(O[Si](C)(C)C)O[Si](C)(C)C. The molecule has 7 atom stereocenters. The summed E-state index contributed by atoms with van der Waals surface area (Å²) in [6.07, 6.45) is 3.97. The van der Waals surface area contributed by atoms with Crippen molar-refractivity contribution in [2.75, 3.05) is 37.4 Å². The molecule has 0 N–H and O–H groups in total. The van der Waals surface area contributed by atoms with E-state index in [2.05, 4.69) is 295 Å². The van der Waals surface area contributed by atoms with Crippen molar-refractivity contribution in [3.8, 4) is 0 Å². The standard InChI is InChI=1S/2C22H66O9Si10.C18H54O7Si8/c1-32(2)21-23-38(17,25-34(5,6)7)29-39(18,24-22-33(3)4)30-41(20,28-37(14,15)16)31-40(19,26-35(8,9)10)27-36(11,12)13;1-32(2)21-23-38(17,25-34(5,6)7)29-41(20,30-39(18,24-22-33(3)4)26-35(8,9)10)31-40(19,27-36(11,12)13)28-37(14,15)16;1-26(2)17-19-31(14,21-28(5,6)7)24-32(15,20-18-27(3)4)25-33(16,22-29(8,9)10)23-30(11,12)13/h2*32-33H,21-22H2,1-20H3;26-27H,17-18H2,1-16H3. The van der Waals surface area contributed by atoms with Crippen LogP contribution in [0.4, 0.5) is 0 Å². The van der Waals surface area contributed by atoms with Crippen molar-refractivity contribution in [2.24, 2.45) is 0 Å². The van der Waals surface area contributed by atoms with Crippen LogP contribution in [0.5, 0.6) is 0 Å². The highest BCUT2D eigenvalue weighted by Crippen LogP contribution is 2.38. The van der Waals surface area contributed by atoms with Gasteiger partial charge in [-0.15, -0.1) is 0 Å². The maximum atomic E-state index is 7.07. The minimum absolute atomic E-state index is 0.613. The van der Waals surface area contributed by atoms with Gasteiger partial charge in [0.15, 0.2) is 91.5 Å². The van der Waals surface area contributed by atoms with Crippen LogP contribution in [0, 0.1) is 0 Å². The van der Waals surface area contributed by atoms with Crippen LogP contribution in [-0.2, 0) is 105 Å². The molecule has 0 aromatic rings. The summed E-state index contributed by atoms with van der Waals surface area (Å²) in [6.45, 7) is 120. The van der Waals surface area contributed by atoms with E-state index in [1.54, 1.807) is 0 Å². The summed E-state index contributed by atoms with van der Waals surface area (Å²) >= 11 is 0. The Balaban J connectivity index is -0.00000165. The fraction of sp³-hybridized carbons (Fsp3) is 1.00. The van der Waals surface area contributed by atoms with Gasteiger partial charge in [0.25, 0.3) is 0 Å². The largest absolute Gasteiger partial charge is 0.482 e. The molecule has 53 heteroatoms. The van der Waals surface area contributed by atoms with Crippen molar-refractivity contribution in [3.05, 3.63) is 0 Å². The van der Waals surface area contributed by atoms with Crippen molar-refractivity contribution in [2.45, 2.75) is 367 Å². The number of hydrogen-bond donors (Lipinski definition) is 0. The molecular formula is C62H186O25Si28. The summed E-state index contributed by atoms with van der Waals surface area (Å²) in [4.78, 5) is 0. The zero-order valence-corrected chi connectivity index (χ0v) is 114. The van der Waals surface area contributed by atoms with Crippen LogP contribution in [0.25, 0.3) is 0 Å². The van der Waals surface area contributed by atoms with Gasteiger partial charge >= 0.3 is 96.8 Å². The van der Waals surface area contributed by atoms with Gasteiger partial charge in [0.05, 0.1) is 52.8 Å². The lowest BCUT2D eigenvalue weighted by molar-refractivity contribution is 0.0941. The highest BCUT2D eigenvalue weighted by Gasteiger charge is 2.63. The Morgan fingerprint density at radius 2 is 0.183 bits per heavy atom. The molecule has 0 aromatic carbocycles. The van der Waals surface area contributed by atoms with Gasteiger partial charge in [-0.3, -0.25) is 0 Å². The Morgan fingerprint density at radius 3 is 0.287 bits per heavy atom. The van der Waals surface area contributed by atoms with E-state index in [1.165, 1.54) is 0 Å². The summed E-state index contributed by atoms with van der Waals surface area (Å²) in [5.41, 5.74) is 0. The molecule has 696 valence electrons. The lowest BCUT2D eigenvalue weighted by atomic mass is 11.7. The molecule has 0 bridgehead atoms. The maximum absolute atomic E-state index is 7.07. The minimum Gasteiger partial charge on any atom is -0.417 e. The van der Waals surface area contributed by atoms with Crippen LogP contribution in [0.15, 0.2) is 0 Å². The van der Waals surface area contributed by atoms with Crippen LogP contribution >= 0.6 is 0 Å². The van der Waals surface area contributed by atoms with Crippen LogP contribution < -0.4 is 0 Å². The Kier molecular flexibility index (Phi) is 51.8. The molecule has 0 amide bonds. The minimum atomic E-state index is -3.64. The summed E-state index contributed by atoms with van der Waals surface area (Å²) in [6, 6.07) is 0. The summed E-state index contributed by atoms with van der Waals surface area (Å²) in [5, 5.41) is 0. The second-order valence-electron chi connectivity index (χ2n) is 44.9. The van der Waals surface area contributed by atoms with E-state index in [0.29, 0.717) is 37.4 Å². The average molecular weight is 2120 g/mol. The number of hydrogen-bond acceptors (Lipinski definition) is 25. The van der Waals surface area contributed by atoms with Crippen molar-refractivity contribution < 1.29 is 105 Å². The first-order valence-corrected chi connectivity index (χ1v) is 123. The molecule has 0 radical (unpaired) electrons. The quantitative estimate of drug-likeness (QED) is 0.0515. The first-order chi connectivity index (χ1) is 49.9. The second kappa shape index (κ2) is 47.9. The van der Waals surface area contributed by atoms with Crippen molar-refractivity contribution in [3.63, 3.8) is 0 Å². The van der Waals surface area contributed by atoms with Gasteiger partial charge in [-0.1, -0.05) is 78.6 Å². The molecule has 7 unspecified atom stereocenters. The first-order valence-electron chi connectivity index (χ1n) is 42.1. The molecule has 115 heavy (non-hydrogen) atoms. The van der Waals surface area contributed by atoms with Gasteiger partial charge in [-0.25, -0.2) is 0 Å². The Hall–Kier alpha value is 5.07. The molecule has 0 spiro atoms. The van der Waals surface area contributed by atoms with Gasteiger partial charge in [0, 0.05) is 109 Å².